The van der Waals surface area contributed by atoms with Gasteiger partial charge in [-0.05, 0) is 41.5 Å². The third-order valence-corrected chi connectivity index (χ3v) is 8.76. The number of esters is 1. The Bertz CT molecular complexity index is 1050. The largest absolute Gasteiger partial charge is 0.496 e. The van der Waals surface area contributed by atoms with Crippen LogP contribution in [0.5, 0.6) is 5.75 Å². The van der Waals surface area contributed by atoms with E-state index in [1.54, 1.807) is 12.0 Å². The van der Waals surface area contributed by atoms with Gasteiger partial charge in [0.2, 0.25) is 5.91 Å². The maximum absolute atomic E-state index is 13.4. The van der Waals surface area contributed by atoms with E-state index >= 15 is 0 Å². The predicted molar refractivity (Wildman–Crippen MR) is 136 cm³/mol. The average Bonchev–Trinajstić information content (AvgIpc) is 3.34. The van der Waals surface area contributed by atoms with Crippen molar-refractivity contribution in [3.05, 3.63) is 61.9 Å². The van der Waals surface area contributed by atoms with Crippen LogP contribution in [0.25, 0.3) is 0 Å². The lowest BCUT2D eigenvalue weighted by molar-refractivity contribution is -0.142. The number of nitrogens with zero attached hydrogens (tertiary/aromatic N) is 1. The molecule has 2 atom stereocenters. The van der Waals surface area contributed by atoms with Gasteiger partial charge in [0.15, 0.2) is 0 Å². The molecule has 0 spiro atoms. The van der Waals surface area contributed by atoms with E-state index in [1.165, 1.54) is 0 Å². The Morgan fingerprint density at radius 3 is 2.82 bits per heavy atom. The van der Waals surface area contributed by atoms with Crippen LogP contribution in [0.15, 0.2) is 56.3 Å². The Morgan fingerprint density at radius 1 is 1.30 bits per heavy atom. The van der Waals surface area contributed by atoms with Gasteiger partial charge in [0.05, 0.1) is 28.4 Å². The van der Waals surface area contributed by atoms with Crippen LogP contribution >= 0.6 is 32.3 Å². The van der Waals surface area contributed by atoms with E-state index in [0.717, 1.165) is 27.0 Å². The van der Waals surface area contributed by atoms with Crippen LogP contribution in [-0.4, -0.2) is 47.2 Å². The number of allylic oxidation sites excluding steroid dienone is 4. The maximum atomic E-state index is 13.4. The first-order valence-corrected chi connectivity index (χ1v) is 13.6. The van der Waals surface area contributed by atoms with Crippen LogP contribution in [0, 0.1) is 5.92 Å². The fraction of sp³-hybridized carbons (Fsp3) is 0.400. The molecule has 33 heavy (non-hydrogen) atoms. The number of ether oxygens (including phenoxy) is 3. The Labute approximate surface area is 209 Å². The summed E-state index contributed by atoms with van der Waals surface area (Å²) >= 11 is 5.71. The molecule has 176 valence electrons. The van der Waals surface area contributed by atoms with E-state index in [9.17, 15) is 9.59 Å². The summed E-state index contributed by atoms with van der Waals surface area (Å²) in [5, 5.41) is 0. The highest BCUT2D eigenvalue weighted by atomic mass is 127. The van der Waals surface area contributed by atoms with Crippen LogP contribution in [-0.2, 0) is 25.7 Å². The van der Waals surface area contributed by atoms with Gasteiger partial charge in [0, 0.05) is 30.2 Å². The number of benzene rings is 1. The van der Waals surface area contributed by atoms with Crippen molar-refractivity contribution in [3.63, 3.8) is 0 Å². The molecule has 1 aromatic carbocycles. The lowest BCUT2D eigenvalue weighted by atomic mass is 9.83. The summed E-state index contributed by atoms with van der Waals surface area (Å²) in [4.78, 5) is 28.3. The van der Waals surface area contributed by atoms with Gasteiger partial charge in [-0.3, -0.25) is 4.79 Å². The summed E-state index contributed by atoms with van der Waals surface area (Å²) in [5.74, 6) is -0.0906. The van der Waals surface area contributed by atoms with E-state index in [4.69, 9.17) is 25.8 Å². The molecule has 0 radical (unpaired) electrons. The molecule has 0 aliphatic carbocycles. The summed E-state index contributed by atoms with van der Waals surface area (Å²) in [7, 11) is 1.59. The van der Waals surface area contributed by atoms with Gasteiger partial charge in [-0.1, -0.05) is 56.6 Å². The minimum Gasteiger partial charge on any atom is -0.496 e. The maximum Gasteiger partial charge on any atom is 0.336 e. The molecule has 3 aliphatic heterocycles. The van der Waals surface area contributed by atoms with Gasteiger partial charge < -0.3 is 19.1 Å². The molecule has 3 aliphatic rings. The first-order chi connectivity index (χ1) is 16.0. The molecule has 1 aromatic rings. The van der Waals surface area contributed by atoms with E-state index in [1.807, 2.05) is 43.3 Å². The highest BCUT2D eigenvalue weighted by Crippen LogP contribution is 2.38. The molecule has 0 N–H and O–H groups in total. The van der Waals surface area contributed by atoms with E-state index < -0.39 is 26.7 Å². The molecular formula is C25H27ClINO5. The number of para-hydroxylation sites is 1. The second-order valence-electron chi connectivity index (χ2n) is 8.12. The van der Waals surface area contributed by atoms with Gasteiger partial charge in [0.25, 0.3) is 0 Å². The summed E-state index contributed by atoms with van der Waals surface area (Å²) in [6.07, 6.45) is 5.92. The third-order valence-electron chi connectivity index (χ3n) is 6.09. The van der Waals surface area contributed by atoms with Crippen molar-refractivity contribution >= 4 is 48.2 Å². The number of rotatable bonds is 7. The summed E-state index contributed by atoms with van der Waals surface area (Å²) in [6, 6.07) is 7.45. The first kappa shape index (κ1) is 24.2. The lowest BCUT2D eigenvalue weighted by Crippen LogP contribution is -2.43. The Morgan fingerprint density at radius 2 is 2.12 bits per heavy atom. The number of hydrogen-bond acceptors (Lipinski definition) is 5. The highest BCUT2D eigenvalue weighted by molar-refractivity contribution is 14.2. The van der Waals surface area contributed by atoms with Gasteiger partial charge >= 0.3 is 5.97 Å². The minimum atomic E-state index is -0.461. The molecule has 1 fully saturated rings. The zero-order valence-corrected chi connectivity index (χ0v) is 21.6. The normalized spacial score (nSPS) is 23.1. The number of hydrogen-bond donors (Lipinski definition) is 0. The van der Waals surface area contributed by atoms with Crippen LogP contribution < -0.4 is 4.74 Å². The molecule has 0 bridgehead atoms. The van der Waals surface area contributed by atoms with Crippen molar-refractivity contribution in [2.45, 2.75) is 38.9 Å². The number of amides is 1. The lowest BCUT2D eigenvalue weighted by Gasteiger charge is -2.36. The van der Waals surface area contributed by atoms with Crippen molar-refractivity contribution in [2.75, 3.05) is 20.3 Å². The number of methoxy groups -OCH3 is 1. The van der Waals surface area contributed by atoms with E-state index in [2.05, 4.69) is 4.01 Å². The van der Waals surface area contributed by atoms with E-state index in [-0.39, 0.29) is 31.0 Å². The van der Waals surface area contributed by atoms with Gasteiger partial charge in [-0.25, -0.2) is 4.79 Å². The Balaban J connectivity index is 1.63. The Kier molecular flexibility index (Phi) is 8.03. The summed E-state index contributed by atoms with van der Waals surface area (Å²) in [6.45, 7) is 3.10. The highest BCUT2D eigenvalue weighted by Gasteiger charge is 2.38. The topological polar surface area (TPSA) is 65.1 Å². The molecule has 1 amide bonds. The second-order valence-corrected chi connectivity index (χ2v) is 11.6. The fourth-order valence-electron chi connectivity index (χ4n) is 4.36. The molecule has 6 nitrogen and oxygen atoms in total. The zero-order chi connectivity index (χ0) is 23.4. The average molecular weight is 584 g/mol. The smallest absolute Gasteiger partial charge is 0.336 e. The number of halogens is 2. The van der Waals surface area contributed by atoms with E-state index in [0.29, 0.717) is 30.2 Å². The molecule has 0 saturated carbocycles. The molecular weight excluding hydrogens is 557 g/mol. The van der Waals surface area contributed by atoms with Crippen LogP contribution in [0.3, 0.4) is 0 Å². The standard InChI is InChI=1S/C25H27ClINO5/c1-16-24(25(30)33-15-18-6-3-4-8-21(18)31-2)20(17-9-10-22(26)27-13-17)12-23(29)28(16)14-19-7-5-11-32-19/h3-4,6,8-10,13,19-20H,5,7,11-12,14-15H2,1-2H3/t19-,20+/m1/s1. The van der Waals surface area contributed by atoms with Crippen molar-refractivity contribution in [1.82, 2.24) is 4.90 Å². The number of carbonyl (C=O) groups is 2. The monoisotopic (exact) mass is 583 g/mol. The predicted octanol–water partition coefficient (Wildman–Crippen LogP) is 4.83. The van der Waals surface area contributed by atoms with Gasteiger partial charge in [0.1, 0.15) is 12.4 Å². The quantitative estimate of drug-likeness (QED) is 0.340. The minimum absolute atomic E-state index is 0.000587. The SMILES string of the molecule is COc1ccccc1COC(=O)C1=C(C)N(C[C@H]2CCCO2)C(=O)C[C@H]1C1=CC=C(Cl)I=C1. The van der Waals surface area contributed by atoms with Gasteiger partial charge in [-0.2, -0.15) is 0 Å². The van der Waals surface area contributed by atoms with Crippen LogP contribution in [0.1, 0.15) is 31.7 Å². The van der Waals surface area contributed by atoms with Crippen molar-refractivity contribution in [2.24, 2.45) is 5.92 Å². The van der Waals surface area contributed by atoms with Crippen molar-refractivity contribution < 1.29 is 23.8 Å². The fourth-order valence-corrected chi connectivity index (χ4v) is 6.38. The summed E-state index contributed by atoms with van der Waals surface area (Å²) in [5.41, 5.74) is 2.92. The molecule has 0 aromatic heterocycles. The van der Waals surface area contributed by atoms with Crippen molar-refractivity contribution in [3.8, 4) is 5.75 Å². The second kappa shape index (κ2) is 11.0. The van der Waals surface area contributed by atoms with Crippen LogP contribution in [0.4, 0.5) is 0 Å². The summed E-state index contributed by atoms with van der Waals surface area (Å²) < 4.78 is 19.8. The zero-order valence-electron chi connectivity index (χ0n) is 18.7. The Hall–Kier alpha value is -1.97. The molecule has 4 rings (SSSR count). The third kappa shape index (κ3) is 5.58. The van der Waals surface area contributed by atoms with Crippen LogP contribution in [0.2, 0.25) is 0 Å². The number of carbonyl (C=O) groups excluding carboxylic acids is 2. The van der Waals surface area contributed by atoms with Gasteiger partial charge in [-0.15, -0.1) is 0 Å². The first-order valence-electron chi connectivity index (χ1n) is 10.9. The molecule has 3 heterocycles. The molecule has 8 heteroatoms. The van der Waals surface area contributed by atoms with Crippen molar-refractivity contribution in [1.29, 1.82) is 0 Å². The molecule has 1 saturated heterocycles. The molecule has 0 unspecified atom stereocenters.